The van der Waals surface area contributed by atoms with Gasteiger partial charge in [-0.05, 0) is 44.9 Å². The largest absolute Gasteiger partial charge is 0.370 e. The molecule has 1 aromatic rings. The van der Waals surface area contributed by atoms with E-state index >= 15 is 0 Å². The molecule has 0 unspecified atom stereocenters. The lowest BCUT2D eigenvalue weighted by Crippen LogP contribution is -2.46. The smallest absolute Gasteiger partial charge is 0.172 e. The normalized spacial score (nSPS) is 20.7. The third kappa shape index (κ3) is 3.34. The lowest BCUT2D eigenvalue weighted by atomic mass is 9.69. The molecule has 0 aliphatic heterocycles. The lowest BCUT2D eigenvalue weighted by Gasteiger charge is -2.41. The van der Waals surface area contributed by atoms with Crippen molar-refractivity contribution >= 4 is 5.78 Å². The van der Waals surface area contributed by atoms with Crippen molar-refractivity contribution in [2.75, 3.05) is 7.11 Å². The molecule has 0 spiro atoms. The second-order valence-electron chi connectivity index (χ2n) is 7.18. The Bertz CT molecular complexity index is 495. The first-order valence-electron chi connectivity index (χ1n) is 7.76. The van der Waals surface area contributed by atoms with Crippen LogP contribution in [0.4, 0.5) is 0 Å². The molecule has 21 heavy (non-hydrogen) atoms. The third-order valence-corrected chi connectivity index (χ3v) is 4.77. The van der Waals surface area contributed by atoms with Gasteiger partial charge in [0.15, 0.2) is 5.78 Å². The predicted molar refractivity (Wildman–Crippen MR) is 81.1 cm³/mol. The van der Waals surface area contributed by atoms with E-state index in [1.165, 1.54) is 6.33 Å². The van der Waals surface area contributed by atoms with Crippen molar-refractivity contribution < 1.29 is 9.53 Å². The molecule has 0 atom stereocenters. The van der Waals surface area contributed by atoms with Gasteiger partial charge in [-0.1, -0.05) is 13.8 Å². The molecule has 1 heterocycles. The number of nitrogens with zero attached hydrogens (tertiary/aromatic N) is 3. The number of ether oxygens (including phenoxy) is 1. The standard InChI is InChI=1S/C16H27N3O2/c1-12(2)19-14(17-11-18-19)10-13(20)16(21-5)8-6-15(3,4)7-9-16/h11-12H,6-10H2,1-5H3. The molecule has 1 aliphatic rings. The van der Waals surface area contributed by atoms with Crippen LogP contribution in [0.1, 0.15) is 65.2 Å². The molecule has 0 N–H and O–H groups in total. The van der Waals surface area contributed by atoms with Gasteiger partial charge < -0.3 is 4.74 Å². The van der Waals surface area contributed by atoms with Crippen LogP contribution in [0.3, 0.4) is 0 Å². The summed E-state index contributed by atoms with van der Waals surface area (Å²) in [6.45, 7) is 8.59. The molecule has 0 saturated heterocycles. The highest BCUT2D eigenvalue weighted by Crippen LogP contribution is 2.42. The summed E-state index contributed by atoms with van der Waals surface area (Å²) in [5, 5.41) is 4.20. The summed E-state index contributed by atoms with van der Waals surface area (Å²) < 4.78 is 7.49. The van der Waals surface area contributed by atoms with Crippen molar-refractivity contribution in [3.63, 3.8) is 0 Å². The van der Waals surface area contributed by atoms with Crippen LogP contribution < -0.4 is 0 Å². The van der Waals surface area contributed by atoms with Crippen molar-refractivity contribution in [1.29, 1.82) is 0 Å². The van der Waals surface area contributed by atoms with Crippen LogP contribution in [-0.2, 0) is 16.0 Å². The highest BCUT2D eigenvalue weighted by Gasteiger charge is 2.44. The van der Waals surface area contributed by atoms with Crippen molar-refractivity contribution in [1.82, 2.24) is 14.8 Å². The fourth-order valence-corrected chi connectivity index (χ4v) is 3.06. The van der Waals surface area contributed by atoms with E-state index in [4.69, 9.17) is 4.74 Å². The number of rotatable bonds is 5. The van der Waals surface area contributed by atoms with Crippen molar-refractivity contribution in [3.8, 4) is 0 Å². The lowest BCUT2D eigenvalue weighted by molar-refractivity contribution is -0.147. The predicted octanol–water partition coefficient (Wildman–Crippen LogP) is 2.96. The summed E-state index contributed by atoms with van der Waals surface area (Å²) in [7, 11) is 1.66. The minimum absolute atomic E-state index is 0.135. The monoisotopic (exact) mass is 293 g/mol. The quantitative estimate of drug-likeness (QED) is 0.837. The fourth-order valence-electron chi connectivity index (χ4n) is 3.06. The van der Waals surface area contributed by atoms with Crippen LogP contribution in [0, 0.1) is 5.41 Å². The van der Waals surface area contributed by atoms with Crippen LogP contribution in [0.25, 0.3) is 0 Å². The van der Waals surface area contributed by atoms with Gasteiger partial charge in [0.05, 0.1) is 6.42 Å². The van der Waals surface area contributed by atoms with Gasteiger partial charge in [0, 0.05) is 13.2 Å². The van der Waals surface area contributed by atoms with Crippen molar-refractivity contribution in [2.45, 2.75) is 71.4 Å². The van der Waals surface area contributed by atoms with Gasteiger partial charge in [-0.3, -0.25) is 4.79 Å². The average Bonchev–Trinajstić information content (AvgIpc) is 2.87. The third-order valence-electron chi connectivity index (χ3n) is 4.77. The first-order valence-corrected chi connectivity index (χ1v) is 7.76. The van der Waals surface area contributed by atoms with Crippen LogP contribution in [0.15, 0.2) is 6.33 Å². The number of carbonyl (C=O) groups is 1. The van der Waals surface area contributed by atoms with E-state index in [2.05, 4.69) is 23.9 Å². The Morgan fingerprint density at radius 3 is 2.48 bits per heavy atom. The first-order chi connectivity index (χ1) is 9.80. The molecule has 0 amide bonds. The van der Waals surface area contributed by atoms with Gasteiger partial charge in [-0.15, -0.1) is 0 Å². The van der Waals surface area contributed by atoms with E-state index in [9.17, 15) is 4.79 Å². The molecule has 1 saturated carbocycles. The van der Waals surface area contributed by atoms with E-state index in [-0.39, 0.29) is 11.8 Å². The Labute approximate surface area is 127 Å². The fraction of sp³-hybridized carbons (Fsp3) is 0.812. The van der Waals surface area contributed by atoms with Crippen LogP contribution in [0.5, 0.6) is 0 Å². The molecule has 5 heteroatoms. The number of hydrogen-bond acceptors (Lipinski definition) is 4. The van der Waals surface area contributed by atoms with Gasteiger partial charge in [0.25, 0.3) is 0 Å². The molecular weight excluding hydrogens is 266 g/mol. The van der Waals surface area contributed by atoms with E-state index in [0.717, 1.165) is 31.5 Å². The number of ketones is 1. The van der Waals surface area contributed by atoms with Crippen LogP contribution in [0.2, 0.25) is 0 Å². The zero-order valence-electron chi connectivity index (χ0n) is 13.8. The molecule has 1 fully saturated rings. The van der Waals surface area contributed by atoms with Gasteiger partial charge in [0.2, 0.25) is 0 Å². The molecule has 5 nitrogen and oxygen atoms in total. The highest BCUT2D eigenvalue weighted by molar-refractivity contribution is 5.88. The van der Waals surface area contributed by atoms with E-state index in [1.54, 1.807) is 7.11 Å². The molecule has 2 rings (SSSR count). The second-order valence-corrected chi connectivity index (χ2v) is 7.18. The SMILES string of the molecule is COC1(C(=O)Cc2ncnn2C(C)C)CCC(C)(C)CC1. The van der Waals surface area contributed by atoms with Crippen LogP contribution >= 0.6 is 0 Å². The first kappa shape index (κ1) is 16.1. The Morgan fingerprint density at radius 2 is 1.95 bits per heavy atom. The van der Waals surface area contributed by atoms with Gasteiger partial charge in [-0.25, -0.2) is 9.67 Å². The number of Topliss-reactive ketones (excluding diaryl/α,β-unsaturated/α-hetero) is 1. The number of aromatic nitrogens is 3. The van der Waals surface area contributed by atoms with Gasteiger partial charge >= 0.3 is 0 Å². The maximum absolute atomic E-state index is 12.8. The molecule has 1 aromatic heterocycles. The molecule has 0 bridgehead atoms. The maximum Gasteiger partial charge on any atom is 0.172 e. The second kappa shape index (κ2) is 5.87. The zero-order valence-corrected chi connectivity index (χ0v) is 13.8. The Hall–Kier alpha value is -1.23. The highest BCUT2D eigenvalue weighted by atomic mass is 16.5. The summed E-state index contributed by atoms with van der Waals surface area (Å²) in [5.41, 5.74) is -0.330. The van der Waals surface area contributed by atoms with Gasteiger partial charge in [0.1, 0.15) is 17.8 Å². The zero-order chi connectivity index (χ0) is 15.7. The van der Waals surface area contributed by atoms with E-state index in [1.807, 2.05) is 18.5 Å². The molecule has 118 valence electrons. The number of hydrogen-bond donors (Lipinski definition) is 0. The molecule has 1 aliphatic carbocycles. The van der Waals surface area contributed by atoms with Crippen LogP contribution in [-0.4, -0.2) is 33.3 Å². The number of carbonyl (C=O) groups excluding carboxylic acids is 1. The minimum atomic E-state index is -0.636. The molecule has 0 aromatic carbocycles. The average molecular weight is 293 g/mol. The minimum Gasteiger partial charge on any atom is -0.370 e. The summed E-state index contributed by atoms with van der Waals surface area (Å²) in [5.74, 6) is 0.867. The summed E-state index contributed by atoms with van der Waals surface area (Å²) in [6, 6.07) is 0.207. The molecular formula is C16H27N3O2. The summed E-state index contributed by atoms with van der Waals surface area (Å²) in [4.78, 5) is 17.0. The van der Waals surface area contributed by atoms with E-state index in [0.29, 0.717) is 11.8 Å². The Morgan fingerprint density at radius 1 is 1.33 bits per heavy atom. The van der Waals surface area contributed by atoms with Crippen molar-refractivity contribution in [3.05, 3.63) is 12.2 Å². The topological polar surface area (TPSA) is 57.0 Å². The van der Waals surface area contributed by atoms with Crippen molar-refractivity contribution in [2.24, 2.45) is 5.41 Å². The molecule has 0 radical (unpaired) electrons. The number of methoxy groups -OCH3 is 1. The Balaban J connectivity index is 2.13. The summed E-state index contributed by atoms with van der Waals surface area (Å²) in [6.07, 6.45) is 5.45. The van der Waals surface area contributed by atoms with Gasteiger partial charge in [-0.2, -0.15) is 5.10 Å². The van der Waals surface area contributed by atoms with E-state index < -0.39 is 5.60 Å². The Kier molecular flexibility index (Phi) is 4.51. The maximum atomic E-state index is 12.8. The summed E-state index contributed by atoms with van der Waals surface area (Å²) >= 11 is 0.